The van der Waals surface area contributed by atoms with Crippen molar-refractivity contribution in [3.05, 3.63) is 71.0 Å². The van der Waals surface area contributed by atoms with Gasteiger partial charge >= 0.3 is 0 Å². The van der Waals surface area contributed by atoms with Crippen LogP contribution in [0, 0.1) is 5.82 Å². The van der Waals surface area contributed by atoms with Crippen molar-refractivity contribution >= 4 is 11.7 Å². The second-order valence-electron chi connectivity index (χ2n) is 4.64. The largest absolute Gasteiger partial charge is 0.352 e. The third-order valence-electron chi connectivity index (χ3n) is 3.06. The van der Waals surface area contributed by atoms with Gasteiger partial charge in [0, 0.05) is 17.7 Å². The number of benzene rings is 2. The highest BCUT2D eigenvalue weighted by Gasteiger charge is 2.17. The molecule has 3 nitrogen and oxygen atoms in total. The highest BCUT2D eigenvalue weighted by atomic mass is 19.1. The molecule has 1 amide bonds. The second-order valence-corrected chi connectivity index (χ2v) is 4.64. The summed E-state index contributed by atoms with van der Waals surface area (Å²) in [5.74, 6) is -0.972. The average molecular weight is 285 g/mol. The van der Waals surface area contributed by atoms with E-state index in [4.69, 9.17) is 0 Å². The number of rotatable bonds is 5. The number of hydrogen-bond donors (Lipinski definition) is 1. The lowest BCUT2D eigenvalue weighted by molar-refractivity contribution is 0.0942. The van der Waals surface area contributed by atoms with Gasteiger partial charge in [-0.15, -0.1) is 0 Å². The van der Waals surface area contributed by atoms with Gasteiger partial charge in [-0.05, 0) is 36.8 Å². The summed E-state index contributed by atoms with van der Waals surface area (Å²) in [6, 6.07) is 11.9. The fraction of sp³-hybridized carbons (Fsp3) is 0.176. The zero-order chi connectivity index (χ0) is 15.2. The molecule has 0 saturated carbocycles. The third kappa shape index (κ3) is 3.54. The van der Waals surface area contributed by atoms with Gasteiger partial charge in [0.1, 0.15) is 5.82 Å². The molecule has 0 bridgehead atoms. The summed E-state index contributed by atoms with van der Waals surface area (Å²) in [4.78, 5) is 24.5. The molecule has 0 fully saturated rings. The van der Waals surface area contributed by atoms with Crippen LogP contribution in [0.4, 0.5) is 4.39 Å². The highest BCUT2D eigenvalue weighted by molar-refractivity contribution is 6.15. The van der Waals surface area contributed by atoms with E-state index in [1.165, 1.54) is 24.3 Å². The molecule has 108 valence electrons. The molecule has 2 rings (SSSR count). The normalized spacial score (nSPS) is 10.2. The first-order valence-corrected chi connectivity index (χ1v) is 6.81. The number of carbonyl (C=O) groups excluding carboxylic acids is 2. The van der Waals surface area contributed by atoms with Gasteiger partial charge in [-0.3, -0.25) is 9.59 Å². The predicted octanol–water partition coefficient (Wildman–Crippen LogP) is 3.20. The molecule has 0 heterocycles. The number of ketones is 1. The predicted molar refractivity (Wildman–Crippen MR) is 78.9 cm³/mol. The van der Waals surface area contributed by atoms with E-state index in [9.17, 15) is 14.0 Å². The van der Waals surface area contributed by atoms with Crippen LogP contribution in [0.25, 0.3) is 0 Å². The fourth-order valence-electron chi connectivity index (χ4n) is 1.97. The molecule has 0 aliphatic carbocycles. The summed E-state index contributed by atoms with van der Waals surface area (Å²) in [5.41, 5.74) is 1.00. The van der Waals surface area contributed by atoms with Gasteiger partial charge < -0.3 is 5.32 Å². The molecule has 2 aromatic carbocycles. The van der Waals surface area contributed by atoms with Crippen molar-refractivity contribution in [1.82, 2.24) is 5.32 Å². The Kier molecular flexibility index (Phi) is 4.82. The van der Waals surface area contributed by atoms with Crippen LogP contribution >= 0.6 is 0 Å². The summed E-state index contributed by atoms with van der Waals surface area (Å²) in [6.07, 6.45) is 0.819. The third-order valence-corrected chi connectivity index (χ3v) is 3.06. The maximum Gasteiger partial charge on any atom is 0.252 e. The van der Waals surface area contributed by atoms with Gasteiger partial charge in [-0.25, -0.2) is 4.39 Å². The molecule has 0 spiro atoms. The van der Waals surface area contributed by atoms with E-state index in [1.54, 1.807) is 24.3 Å². The summed E-state index contributed by atoms with van der Waals surface area (Å²) < 4.78 is 12.9. The van der Waals surface area contributed by atoms with Gasteiger partial charge in [-0.2, -0.15) is 0 Å². The SMILES string of the molecule is CCCNC(=O)c1ccccc1C(=O)c1ccc(F)cc1. The van der Waals surface area contributed by atoms with E-state index in [0.717, 1.165) is 6.42 Å². The Balaban J connectivity index is 2.33. The minimum Gasteiger partial charge on any atom is -0.352 e. The molecule has 0 saturated heterocycles. The summed E-state index contributed by atoms with van der Waals surface area (Å²) in [6.45, 7) is 2.51. The van der Waals surface area contributed by atoms with E-state index >= 15 is 0 Å². The van der Waals surface area contributed by atoms with Crippen LogP contribution in [0.1, 0.15) is 39.6 Å². The highest BCUT2D eigenvalue weighted by Crippen LogP contribution is 2.15. The summed E-state index contributed by atoms with van der Waals surface area (Å²) in [5, 5.41) is 2.75. The number of hydrogen-bond acceptors (Lipinski definition) is 2. The van der Waals surface area contributed by atoms with Crippen LogP contribution in [0.5, 0.6) is 0 Å². The van der Waals surface area contributed by atoms with Crippen molar-refractivity contribution in [3.8, 4) is 0 Å². The minimum absolute atomic E-state index is 0.275. The first-order chi connectivity index (χ1) is 10.1. The minimum atomic E-state index is -0.402. The standard InChI is InChI=1S/C17H16FNO2/c1-2-11-19-17(21)15-6-4-3-5-14(15)16(20)12-7-9-13(18)10-8-12/h3-10H,2,11H2,1H3,(H,19,21). The quantitative estimate of drug-likeness (QED) is 0.857. The average Bonchev–Trinajstić information content (AvgIpc) is 2.52. The topological polar surface area (TPSA) is 46.2 Å². The Hall–Kier alpha value is -2.49. The molecule has 2 aromatic rings. The van der Waals surface area contributed by atoms with Crippen LogP contribution in [0.3, 0.4) is 0 Å². The molecular formula is C17H16FNO2. The van der Waals surface area contributed by atoms with Crippen molar-refractivity contribution in [2.24, 2.45) is 0 Å². The molecule has 1 N–H and O–H groups in total. The van der Waals surface area contributed by atoms with Gasteiger partial charge in [0.15, 0.2) is 5.78 Å². The Morgan fingerprint density at radius 1 is 1.00 bits per heavy atom. The Bertz CT molecular complexity index is 650. The number of amides is 1. The molecule has 0 aliphatic heterocycles. The Morgan fingerprint density at radius 3 is 2.24 bits per heavy atom. The molecule has 4 heteroatoms. The lowest BCUT2D eigenvalue weighted by Crippen LogP contribution is -2.26. The van der Waals surface area contributed by atoms with Crippen LogP contribution in [-0.2, 0) is 0 Å². The van der Waals surface area contributed by atoms with Crippen molar-refractivity contribution in [2.75, 3.05) is 6.54 Å². The Labute approximate surface area is 122 Å². The molecular weight excluding hydrogens is 269 g/mol. The molecule has 21 heavy (non-hydrogen) atoms. The first kappa shape index (κ1) is 14.9. The lowest BCUT2D eigenvalue weighted by atomic mass is 9.98. The van der Waals surface area contributed by atoms with Crippen molar-refractivity contribution in [1.29, 1.82) is 0 Å². The second kappa shape index (κ2) is 6.79. The maximum absolute atomic E-state index is 12.9. The summed E-state index contributed by atoms with van der Waals surface area (Å²) in [7, 11) is 0. The van der Waals surface area contributed by atoms with E-state index in [2.05, 4.69) is 5.32 Å². The fourth-order valence-corrected chi connectivity index (χ4v) is 1.97. The smallest absolute Gasteiger partial charge is 0.252 e. The first-order valence-electron chi connectivity index (χ1n) is 6.81. The molecule has 0 aliphatic rings. The van der Waals surface area contributed by atoms with Crippen LogP contribution in [0.15, 0.2) is 48.5 Å². The van der Waals surface area contributed by atoms with Crippen molar-refractivity contribution < 1.29 is 14.0 Å². The van der Waals surface area contributed by atoms with Gasteiger partial charge in [0.2, 0.25) is 0 Å². The van der Waals surface area contributed by atoms with Gasteiger partial charge in [-0.1, -0.05) is 25.1 Å². The Morgan fingerprint density at radius 2 is 1.62 bits per heavy atom. The number of carbonyl (C=O) groups is 2. The lowest BCUT2D eigenvalue weighted by Gasteiger charge is -2.09. The zero-order valence-corrected chi connectivity index (χ0v) is 11.7. The number of halogens is 1. The van der Waals surface area contributed by atoms with Crippen molar-refractivity contribution in [3.63, 3.8) is 0 Å². The van der Waals surface area contributed by atoms with Gasteiger partial charge in [0.25, 0.3) is 5.91 Å². The van der Waals surface area contributed by atoms with E-state index in [-0.39, 0.29) is 11.7 Å². The van der Waals surface area contributed by atoms with E-state index in [1.807, 2.05) is 6.92 Å². The zero-order valence-electron chi connectivity index (χ0n) is 11.7. The van der Waals surface area contributed by atoms with Crippen LogP contribution in [-0.4, -0.2) is 18.2 Å². The molecule has 0 atom stereocenters. The van der Waals surface area contributed by atoms with Gasteiger partial charge in [0.05, 0.1) is 5.56 Å². The monoisotopic (exact) mass is 285 g/mol. The maximum atomic E-state index is 12.9. The van der Waals surface area contributed by atoms with E-state index in [0.29, 0.717) is 23.2 Å². The van der Waals surface area contributed by atoms with Crippen molar-refractivity contribution in [2.45, 2.75) is 13.3 Å². The number of nitrogens with one attached hydrogen (secondary N) is 1. The van der Waals surface area contributed by atoms with Crippen LogP contribution in [0.2, 0.25) is 0 Å². The summed E-state index contributed by atoms with van der Waals surface area (Å²) >= 11 is 0. The molecule has 0 radical (unpaired) electrons. The molecule has 0 unspecified atom stereocenters. The molecule has 0 aromatic heterocycles. The van der Waals surface area contributed by atoms with Crippen LogP contribution < -0.4 is 5.32 Å². The van der Waals surface area contributed by atoms with E-state index < -0.39 is 5.82 Å².